The van der Waals surface area contributed by atoms with Crippen LogP contribution in [0.15, 0.2) is 51.1 Å². The van der Waals surface area contributed by atoms with E-state index in [4.69, 9.17) is 4.42 Å². The van der Waals surface area contributed by atoms with Crippen LogP contribution in [0.5, 0.6) is 0 Å². The molecule has 0 aliphatic carbocycles. The smallest absolute Gasteiger partial charge is 0.240 e. The summed E-state index contributed by atoms with van der Waals surface area (Å²) >= 11 is 1.56. The summed E-state index contributed by atoms with van der Waals surface area (Å²) in [5, 5.41) is 1.96. The average Bonchev–Trinajstić information content (AvgIpc) is 3.18. The first-order chi connectivity index (χ1) is 11.5. The number of thiophene rings is 1. The molecule has 1 N–H and O–H groups in total. The molecule has 2 heterocycles. The molecule has 0 radical (unpaired) electrons. The quantitative estimate of drug-likeness (QED) is 0.728. The van der Waals surface area contributed by atoms with E-state index in [0.717, 1.165) is 16.1 Å². The zero-order chi connectivity index (χ0) is 17.2. The van der Waals surface area contributed by atoms with Crippen LogP contribution in [-0.4, -0.2) is 19.9 Å². The van der Waals surface area contributed by atoms with E-state index in [1.54, 1.807) is 35.6 Å². The predicted octanol–water partition coefficient (Wildman–Crippen LogP) is 3.54. The number of sulfonamides is 1. The van der Waals surface area contributed by atoms with Crippen molar-refractivity contribution in [3.63, 3.8) is 0 Å². The number of hydrogen-bond donors (Lipinski definition) is 1. The van der Waals surface area contributed by atoms with E-state index in [1.165, 1.54) is 0 Å². The van der Waals surface area contributed by atoms with Crippen molar-refractivity contribution < 1.29 is 12.8 Å². The van der Waals surface area contributed by atoms with Crippen LogP contribution in [0.2, 0.25) is 0 Å². The van der Waals surface area contributed by atoms with Gasteiger partial charge in [-0.2, -0.15) is 0 Å². The molecule has 0 fully saturated rings. The van der Waals surface area contributed by atoms with Crippen molar-refractivity contribution in [2.24, 2.45) is 0 Å². The fourth-order valence-electron chi connectivity index (χ4n) is 2.27. The van der Waals surface area contributed by atoms with Crippen molar-refractivity contribution in [1.29, 1.82) is 0 Å². The van der Waals surface area contributed by atoms with Crippen LogP contribution >= 0.6 is 11.3 Å². The highest BCUT2D eigenvalue weighted by Crippen LogP contribution is 2.26. The van der Waals surface area contributed by atoms with Gasteiger partial charge in [-0.05, 0) is 37.4 Å². The molecule has 2 aromatic heterocycles. The van der Waals surface area contributed by atoms with Crippen molar-refractivity contribution >= 4 is 21.4 Å². The highest BCUT2D eigenvalue weighted by molar-refractivity contribution is 7.89. The number of hydrogen-bond acceptors (Lipinski definition) is 5. The SMILES string of the molecule is Cc1ccc(S(=O)(=O)NCCc2nc(-c3cccs3)oc2C)cc1. The Morgan fingerprint density at radius 3 is 2.58 bits per heavy atom. The summed E-state index contributed by atoms with van der Waals surface area (Å²) in [6.07, 6.45) is 0.478. The standard InChI is InChI=1S/C17H18N2O3S2/c1-12-5-7-14(8-6-12)24(20,21)18-10-9-15-13(2)22-17(19-15)16-4-3-11-23-16/h3-8,11,18H,9-10H2,1-2H3. The summed E-state index contributed by atoms with van der Waals surface area (Å²) in [7, 11) is -3.50. The van der Waals surface area contributed by atoms with Gasteiger partial charge in [-0.15, -0.1) is 11.3 Å². The minimum absolute atomic E-state index is 0.268. The molecule has 0 aliphatic rings. The van der Waals surface area contributed by atoms with Gasteiger partial charge in [0.25, 0.3) is 0 Å². The van der Waals surface area contributed by atoms with E-state index >= 15 is 0 Å². The first-order valence-corrected chi connectivity index (χ1v) is 9.88. The second-order valence-corrected chi connectivity index (χ2v) is 8.17. The molecule has 0 unspecified atom stereocenters. The summed E-state index contributed by atoms with van der Waals surface area (Å²) in [6, 6.07) is 10.7. The Balaban J connectivity index is 1.65. The number of benzene rings is 1. The van der Waals surface area contributed by atoms with E-state index in [0.29, 0.717) is 18.1 Å². The fraction of sp³-hybridized carbons (Fsp3) is 0.235. The first kappa shape index (κ1) is 16.9. The monoisotopic (exact) mass is 362 g/mol. The highest BCUT2D eigenvalue weighted by Gasteiger charge is 2.15. The Bertz CT molecular complexity index is 911. The number of nitrogens with one attached hydrogen (secondary N) is 1. The molecular formula is C17H18N2O3S2. The van der Waals surface area contributed by atoms with Gasteiger partial charge in [0.2, 0.25) is 15.9 Å². The van der Waals surface area contributed by atoms with Gasteiger partial charge >= 0.3 is 0 Å². The lowest BCUT2D eigenvalue weighted by molar-refractivity contribution is 0.539. The number of nitrogens with zero attached hydrogens (tertiary/aromatic N) is 1. The molecule has 24 heavy (non-hydrogen) atoms. The van der Waals surface area contributed by atoms with E-state index in [1.807, 2.05) is 31.4 Å². The number of rotatable bonds is 6. The highest BCUT2D eigenvalue weighted by atomic mass is 32.2. The molecular weight excluding hydrogens is 344 g/mol. The topological polar surface area (TPSA) is 72.2 Å². The van der Waals surface area contributed by atoms with Gasteiger partial charge in [-0.25, -0.2) is 18.1 Å². The van der Waals surface area contributed by atoms with E-state index in [-0.39, 0.29) is 11.4 Å². The second-order valence-electron chi connectivity index (χ2n) is 5.46. The Morgan fingerprint density at radius 2 is 1.92 bits per heavy atom. The van der Waals surface area contributed by atoms with E-state index < -0.39 is 10.0 Å². The third-order valence-electron chi connectivity index (χ3n) is 3.61. The molecule has 126 valence electrons. The molecule has 0 amide bonds. The first-order valence-electron chi connectivity index (χ1n) is 7.52. The van der Waals surface area contributed by atoms with Gasteiger partial charge in [0.1, 0.15) is 5.76 Å². The van der Waals surface area contributed by atoms with Crippen molar-refractivity contribution in [3.05, 3.63) is 58.8 Å². The minimum Gasteiger partial charge on any atom is -0.440 e. The average molecular weight is 362 g/mol. The van der Waals surface area contributed by atoms with Crippen LogP contribution in [-0.2, 0) is 16.4 Å². The number of oxazole rings is 1. The molecule has 0 atom stereocenters. The van der Waals surface area contributed by atoms with Crippen LogP contribution in [0.1, 0.15) is 17.0 Å². The molecule has 0 bridgehead atoms. The van der Waals surface area contributed by atoms with Crippen LogP contribution in [0.25, 0.3) is 10.8 Å². The molecule has 7 heteroatoms. The molecule has 1 aromatic carbocycles. The normalized spacial score (nSPS) is 11.8. The zero-order valence-corrected chi connectivity index (χ0v) is 15.1. The summed E-state index contributed by atoms with van der Waals surface area (Å²) in [5.41, 5.74) is 1.79. The van der Waals surface area contributed by atoms with Crippen LogP contribution in [0.3, 0.4) is 0 Å². The van der Waals surface area contributed by atoms with Crippen LogP contribution < -0.4 is 4.72 Å². The summed E-state index contributed by atoms with van der Waals surface area (Å²) < 4.78 is 32.8. The maximum Gasteiger partial charge on any atom is 0.240 e. The number of aryl methyl sites for hydroxylation is 2. The third-order valence-corrected chi connectivity index (χ3v) is 5.94. The van der Waals surface area contributed by atoms with Crippen molar-refractivity contribution in [3.8, 4) is 10.8 Å². The van der Waals surface area contributed by atoms with Gasteiger partial charge < -0.3 is 4.42 Å². The molecule has 0 saturated heterocycles. The van der Waals surface area contributed by atoms with Crippen molar-refractivity contribution in [1.82, 2.24) is 9.71 Å². The summed E-state index contributed by atoms with van der Waals surface area (Å²) in [6.45, 7) is 4.03. The largest absolute Gasteiger partial charge is 0.440 e. The maximum atomic E-state index is 12.3. The van der Waals surface area contributed by atoms with Crippen LogP contribution in [0, 0.1) is 13.8 Å². The van der Waals surface area contributed by atoms with Gasteiger partial charge in [0.05, 0.1) is 15.5 Å². The minimum atomic E-state index is -3.50. The van der Waals surface area contributed by atoms with Gasteiger partial charge in [0, 0.05) is 13.0 Å². The number of aromatic nitrogens is 1. The van der Waals surface area contributed by atoms with Crippen LogP contribution in [0.4, 0.5) is 0 Å². The molecule has 3 rings (SSSR count). The Morgan fingerprint density at radius 1 is 1.17 bits per heavy atom. The Hall–Kier alpha value is -1.96. The Labute approximate surface area is 145 Å². The van der Waals surface area contributed by atoms with Gasteiger partial charge in [-0.3, -0.25) is 0 Å². The molecule has 0 saturated carbocycles. The lowest BCUT2D eigenvalue weighted by Gasteiger charge is -2.06. The Kier molecular flexibility index (Phi) is 4.84. The predicted molar refractivity (Wildman–Crippen MR) is 94.6 cm³/mol. The molecule has 3 aromatic rings. The summed E-state index contributed by atoms with van der Waals surface area (Å²) in [5.74, 6) is 1.30. The summed E-state index contributed by atoms with van der Waals surface area (Å²) in [4.78, 5) is 5.70. The fourth-order valence-corrected chi connectivity index (χ4v) is 3.95. The van der Waals surface area contributed by atoms with E-state index in [9.17, 15) is 8.42 Å². The lowest BCUT2D eigenvalue weighted by atomic mass is 10.2. The molecule has 5 nitrogen and oxygen atoms in total. The van der Waals surface area contributed by atoms with Crippen molar-refractivity contribution in [2.45, 2.75) is 25.2 Å². The second kappa shape index (κ2) is 6.88. The lowest BCUT2D eigenvalue weighted by Crippen LogP contribution is -2.26. The molecule has 0 aliphatic heterocycles. The van der Waals surface area contributed by atoms with Gasteiger partial charge in [0.15, 0.2) is 0 Å². The van der Waals surface area contributed by atoms with Gasteiger partial charge in [-0.1, -0.05) is 23.8 Å². The van der Waals surface area contributed by atoms with Crippen molar-refractivity contribution in [2.75, 3.05) is 6.54 Å². The van der Waals surface area contributed by atoms with E-state index in [2.05, 4.69) is 9.71 Å². The maximum absolute atomic E-state index is 12.3. The zero-order valence-electron chi connectivity index (χ0n) is 13.4. The third kappa shape index (κ3) is 3.75. The molecule has 0 spiro atoms.